The number of aromatic nitrogens is 2. The summed E-state index contributed by atoms with van der Waals surface area (Å²) in [5.41, 5.74) is 3.57. The number of imidazole rings is 1. The van der Waals surface area contributed by atoms with Crippen molar-refractivity contribution in [3.8, 4) is 11.1 Å². The van der Waals surface area contributed by atoms with Crippen molar-refractivity contribution < 1.29 is 9.90 Å². The molecule has 26 heavy (non-hydrogen) atoms. The smallest absolute Gasteiger partial charge is 0.372 e. The van der Waals surface area contributed by atoms with Crippen molar-refractivity contribution >= 4 is 16.7 Å². The number of aryl methyl sites for hydroxylation is 2. The Kier molecular flexibility index (Phi) is 4.23. The Morgan fingerprint density at radius 2 is 1.73 bits per heavy atom. The molecule has 0 aliphatic heterocycles. The summed E-state index contributed by atoms with van der Waals surface area (Å²) in [6.07, 6.45) is 3.98. The molecule has 0 atom stereocenters. The van der Waals surface area contributed by atoms with E-state index in [1.165, 1.54) is 33.7 Å². The molecule has 3 aromatic carbocycles. The molecule has 1 N–H and O–H groups in total. The highest BCUT2D eigenvalue weighted by atomic mass is 16.4. The van der Waals surface area contributed by atoms with Crippen LogP contribution in [0.25, 0.3) is 21.9 Å². The summed E-state index contributed by atoms with van der Waals surface area (Å²) < 4.78 is 1.67. The van der Waals surface area contributed by atoms with Gasteiger partial charge in [-0.15, -0.1) is 0 Å². The van der Waals surface area contributed by atoms with Crippen LogP contribution in [0.15, 0.2) is 79.1 Å². The van der Waals surface area contributed by atoms with Crippen LogP contribution >= 0.6 is 0 Å². The van der Waals surface area contributed by atoms with E-state index >= 15 is 0 Å². The lowest BCUT2D eigenvalue weighted by atomic mass is 9.97. The summed E-state index contributed by atoms with van der Waals surface area (Å²) in [6.45, 7) is 0.593. The van der Waals surface area contributed by atoms with E-state index in [-0.39, 0.29) is 5.82 Å². The van der Waals surface area contributed by atoms with Crippen molar-refractivity contribution in [2.45, 2.75) is 13.0 Å². The fourth-order valence-corrected chi connectivity index (χ4v) is 3.27. The minimum atomic E-state index is -0.999. The molecule has 0 saturated carbocycles. The second-order valence-corrected chi connectivity index (χ2v) is 6.22. The number of carbonyl (C=O) groups is 1. The molecule has 4 aromatic rings. The summed E-state index contributed by atoms with van der Waals surface area (Å²) in [6, 6.07) is 23.2. The van der Waals surface area contributed by atoms with E-state index in [4.69, 9.17) is 5.11 Å². The normalized spacial score (nSPS) is 10.9. The topological polar surface area (TPSA) is 55.1 Å². The molecule has 0 amide bonds. The van der Waals surface area contributed by atoms with Crippen molar-refractivity contribution in [1.82, 2.24) is 9.55 Å². The van der Waals surface area contributed by atoms with E-state index in [1.54, 1.807) is 10.8 Å². The first-order valence-electron chi connectivity index (χ1n) is 8.54. The maximum atomic E-state index is 11.1. The number of aromatic carboxylic acids is 1. The molecule has 4 heteroatoms. The molecule has 0 unspecified atom stereocenters. The zero-order valence-electron chi connectivity index (χ0n) is 14.2. The molecule has 0 aliphatic carbocycles. The Labute approximate surface area is 151 Å². The molecule has 1 aromatic heterocycles. The average molecular weight is 342 g/mol. The van der Waals surface area contributed by atoms with Gasteiger partial charge >= 0.3 is 5.97 Å². The number of hydrogen-bond donors (Lipinski definition) is 1. The Morgan fingerprint density at radius 3 is 2.54 bits per heavy atom. The van der Waals surface area contributed by atoms with Crippen molar-refractivity contribution in [2.24, 2.45) is 0 Å². The van der Waals surface area contributed by atoms with Crippen LogP contribution in [0.2, 0.25) is 0 Å². The molecule has 0 fully saturated rings. The Hall–Kier alpha value is -3.40. The summed E-state index contributed by atoms with van der Waals surface area (Å²) in [5.74, 6) is -0.918. The van der Waals surface area contributed by atoms with E-state index in [9.17, 15) is 4.79 Å². The molecule has 0 spiro atoms. The Morgan fingerprint density at radius 1 is 0.962 bits per heavy atom. The van der Waals surface area contributed by atoms with Crippen LogP contribution in [0.4, 0.5) is 0 Å². The summed E-state index contributed by atoms with van der Waals surface area (Å²) >= 11 is 0. The third-order valence-corrected chi connectivity index (χ3v) is 4.60. The maximum Gasteiger partial charge on any atom is 0.372 e. The van der Waals surface area contributed by atoms with Crippen molar-refractivity contribution in [3.63, 3.8) is 0 Å². The van der Waals surface area contributed by atoms with E-state index in [2.05, 4.69) is 71.7 Å². The monoisotopic (exact) mass is 342 g/mol. The molecule has 0 radical (unpaired) electrons. The van der Waals surface area contributed by atoms with Crippen LogP contribution < -0.4 is 0 Å². The van der Waals surface area contributed by atoms with Gasteiger partial charge in [-0.05, 0) is 33.9 Å². The van der Waals surface area contributed by atoms with Crippen molar-refractivity contribution in [1.29, 1.82) is 0 Å². The van der Waals surface area contributed by atoms with Gasteiger partial charge in [-0.1, -0.05) is 66.7 Å². The van der Waals surface area contributed by atoms with Crippen LogP contribution in [-0.2, 0) is 13.0 Å². The van der Waals surface area contributed by atoms with Crippen LogP contribution in [-0.4, -0.2) is 20.6 Å². The van der Waals surface area contributed by atoms with E-state index in [0.717, 1.165) is 6.42 Å². The minimum Gasteiger partial charge on any atom is -0.475 e. The zero-order valence-corrected chi connectivity index (χ0v) is 14.2. The SMILES string of the molecule is O=C(O)c1nccn1CCc1ccc(-c2cccc3ccccc23)cc1. The first kappa shape index (κ1) is 16.1. The van der Waals surface area contributed by atoms with Crippen LogP contribution in [0.3, 0.4) is 0 Å². The molecule has 0 saturated heterocycles. The van der Waals surface area contributed by atoms with Gasteiger partial charge < -0.3 is 9.67 Å². The van der Waals surface area contributed by atoms with Gasteiger partial charge in [-0.2, -0.15) is 0 Å². The van der Waals surface area contributed by atoms with Crippen molar-refractivity contribution in [3.05, 3.63) is 90.5 Å². The molecular formula is C22H18N2O2. The predicted molar refractivity (Wildman–Crippen MR) is 102 cm³/mol. The van der Waals surface area contributed by atoms with Gasteiger partial charge in [0.1, 0.15) is 0 Å². The number of hydrogen-bond acceptors (Lipinski definition) is 2. The standard InChI is InChI=1S/C22H18N2O2/c25-22(26)21-23-13-15-24(21)14-12-16-8-10-18(11-9-16)20-7-3-5-17-4-1-2-6-19(17)20/h1-11,13,15H,12,14H2,(H,25,26). The van der Waals surface area contributed by atoms with Gasteiger partial charge in [-0.3, -0.25) is 0 Å². The predicted octanol–water partition coefficient (Wildman–Crippen LogP) is 4.64. The second kappa shape index (κ2) is 6.84. The first-order chi connectivity index (χ1) is 12.7. The number of nitrogens with zero attached hydrogens (tertiary/aromatic N) is 2. The number of benzene rings is 3. The lowest BCUT2D eigenvalue weighted by Crippen LogP contribution is -2.10. The average Bonchev–Trinajstić information content (AvgIpc) is 3.15. The fourth-order valence-electron chi connectivity index (χ4n) is 3.27. The van der Waals surface area contributed by atoms with E-state index in [1.807, 2.05) is 0 Å². The maximum absolute atomic E-state index is 11.1. The van der Waals surface area contributed by atoms with Gasteiger partial charge in [0.05, 0.1) is 0 Å². The largest absolute Gasteiger partial charge is 0.475 e. The van der Waals surface area contributed by atoms with Crippen LogP contribution in [0, 0.1) is 0 Å². The molecule has 0 aliphatic rings. The second-order valence-electron chi connectivity index (χ2n) is 6.22. The van der Waals surface area contributed by atoms with E-state index in [0.29, 0.717) is 6.54 Å². The van der Waals surface area contributed by atoms with Crippen molar-refractivity contribution in [2.75, 3.05) is 0 Å². The number of fused-ring (bicyclic) bond motifs is 1. The highest BCUT2D eigenvalue weighted by Gasteiger charge is 2.10. The lowest BCUT2D eigenvalue weighted by Gasteiger charge is -2.09. The highest BCUT2D eigenvalue weighted by Crippen LogP contribution is 2.28. The van der Waals surface area contributed by atoms with Gasteiger partial charge in [0.2, 0.25) is 5.82 Å². The number of carboxylic acids is 1. The van der Waals surface area contributed by atoms with E-state index < -0.39 is 5.97 Å². The van der Waals surface area contributed by atoms with Gasteiger partial charge in [0, 0.05) is 18.9 Å². The Bertz CT molecular complexity index is 1060. The first-order valence-corrected chi connectivity index (χ1v) is 8.54. The summed E-state index contributed by atoms with van der Waals surface area (Å²) in [4.78, 5) is 15.0. The van der Waals surface area contributed by atoms with Crippen LogP contribution in [0.1, 0.15) is 16.2 Å². The molecule has 4 rings (SSSR count). The van der Waals surface area contributed by atoms with Gasteiger partial charge in [-0.25, -0.2) is 9.78 Å². The highest BCUT2D eigenvalue weighted by molar-refractivity contribution is 5.96. The quantitative estimate of drug-likeness (QED) is 0.575. The van der Waals surface area contributed by atoms with Crippen LogP contribution in [0.5, 0.6) is 0 Å². The third-order valence-electron chi connectivity index (χ3n) is 4.60. The summed E-state index contributed by atoms with van der Waals surface area (Å²) in [7, 11) is 0. The molecule has 0 bridgehead atoms. The minimum absolute atomic E-state index is 0.0809. The third kappa shape index (κ3) is 3.09. The lowest BCUT2D eigenvalue weighted by molar-refractivity contribution is 0.0678. The molecule has 1 heterocycles. The number of rotatable bonds is 5. The van der Waals surface area contributed by atoms with Gasteiger partial charge in [0.25, 0.3) is 0 Å². The number of carboxylic acid groups (broad SMARTS) is 1. The van der Waals surface area contributed by atoms with Gasteiger partial charge in [0.15, 0.2) is 0 Å². The summed E-state index contributed by atoms with van der Waals surface area (Å²) in [5, 5.41) is 11.6. The Balaban J connectivity index is 1.55. The zero-order chi connectivity index (χ0) is 17.9. The molecular weight excluding hydrogens is 324 g/mol. The molecule has 128 valence electrons. The fraction of sp³-hybridized carbons (Fsp3) is 0.0909. The molecule has 4 nitrogen and oxygen atoms in total.